The molecule has 158 valence electrons. The zero-order chi connectivity index (χ0) is 21.4. The van der Waals surface area contributed by atoms with E-state index in [1.165, 1.54) is 5.69 Å². The number of halogens is 1. The highest BCUT2D eigenvalue weighted by molar-refractivity contribution is 6.37. The van der Waals surface area contributed by atoms with Gasteiger partial charge in [0, 0.05) is 73.9 Å². The lowest BCUT2D eigenvalue weighted by Crippen LogP contribution is -2.43. The van der Waals surface area contributed by atoms with Crippen LogP contribution >= 0.6 is 11.6 Å². The molecule has 7 heteroatoms. The Bertz CT molecular complexity index is 1210. The van der Waals surface area contributed by atoms with E-state index >= 15 is 0 Å². The summed E-state index contributed by atoms with van der Waals surface area (Å²) in [6.45, 7) is 4.08. The quantitative estimate of drug-likeness (QED) is 0.517. The van der Waals surface area contributed by atoms with Gasteiger partial charge in [0.1, 0.15) is 5.65 Å². The van der Waals surface area contributed by atoms with Gasteiger partial charge in [-0.05, 0) is 29.8 Å². The Morgan fingerprint density at radius 1 is 0.968 bits per heavy atom. The molecule has 4 aromatic rings. The number of anilines is 1. The highest BCUT2D eigenvalue weighted by Gasteiger charge is 2.22. The molecule has 0 radical (unpaired) electrons. The minimum absolute atomic E-state index is 0.579. The number of aryl methyl sites for hydroxylation is 1. The van der Waals surface area contributed by atoms with E-state index in [1.807, 2.05) is 31.4 Å². The number of ether oxygens (including phenoxy) is 1. The van der Waals surface area contributed by atoms with Crippen LogP contribution in [0.4, 0.5) is 5.69 Å². The van der Waals surface area contributed by atoms with Crippen molar-refractivity contribution in [2.24, 2.45) is 7.05 Å². The van der Waals surface area contributed by atoms with Crippen molar-refractivity contribution >= 4 is 28.3 Å². The second kappa shape index (κ2) is 8.21. The maximum atomic E-state index is 6.66. The minimum Gasteiger partial charge on any atom is -0.481 e. The van der Waals surface area contributed by atoms with Gasteiger partial charge in [-0.1, -0.05) is 23.7 Å². The summed E-state index contributed by atoms with van der Waals surface area (Å²) in [5.74, 6) is 0.579. The number of hydrogen-bond donors (Lipinski definition) is 1. The van der Waals surface area contributed by atoms with Gasteiger partial charge < -0.3 is 19.5 Å². The highest BCUT2D eigenvalue weighted by atomic mass is 35.5. The summed E-state index contributed by atoms with van der Waals surface area (Å²) in [6, 6.07) is 14.5. The van der Waals surface area contributed by atoms with Crippen molar-refractivity contribution in [3.8, 4) is 28.3 Å². The Hall–Kier alpha value is -3.09. The number of benzene rings is 1. The summed E-state index contributed by atoms with van der Waals surface area (Å²) in [5.41, 5.74) is 6.27. The van der Waals surface area contributed by atoms with Gasteiger partial charge >= 0.3 is 0 Å². The molecule has 5 rings (SSSR count). The molecule has 0 saturated carbocycles. The van der Waals surface area contributed by atoms with Crippen LogP contribution < -0.4 is 15.0 Å². The largest absolute Gasteiger partial charge is 0.481 e. The van der Waals surface area contributed by atoms with Crippen molar-refractivity contribution in [1.29, 1.82) is 0 Å². The van der Waals surface area contributed by atoms with Gasteiger partial charge in [-0.15, -0.1) is 0 Å². The third-order valence-electron chi connectivity index (χ3n) is 5.88. The normalized spacial score (nSPS) is 14.2. The number of nitrogens with zero attached hydrogens (tertiary/aromatic N) is 4. The van der Waals surface area contributed by atoms with Crippen molar-refractivity contribution in [3.05, 3.63) is 59.9 Å². The number of fused-ring (bicyclic) bond motifs is 1. The van der Waals surface area contributed by atoms with Crippen molar-refractivity contribution in [2.45, 2.75) is 0 Å². The van der Waals surface area contributed by atoms with Gasteiger partial charge in [-0.25, -0.2) is 9.97 Å². The number of nitrogens with one attached hydrogen (secondary N) is 1. The monoisotopic (exact) mass is 433 g/mol. The van der Waals surface area contributed by atoms with Crippen LogP contribution in [0.2, 0.25) is 5.02 Å². The van der Waals surface area contributed by atoms with E-state index in [9.17, 15) is 0 Å². The Kier molecular flexibility index (Phi) is 5.26. The van der Waals surface area contributed by atoms with Crippen LogP contribution in [0.15, 0.2) is 54.9 Å². The lowest BCUT2D eigenvalue weighted by molar-refractivity contribution is 0.398. The summed E-state index contributed by atoms with van der Waals surface area (Å²) in [6.07, 6.45) is 3.58. The Morgan fingerprint density at radius 2 is 1.71 bits per heavy atom. The fraction of sp³-hybridized carbons (Fsp3) is 0.250. The molecule has 0 atom stereocenters. The molecule has 1 fully saturated rings. The number of pyridine rings is 2. The fourth-order valence-corrected chi connectivity index (χ4v) is 4.56. The molecule has 31 heavy (non-hydrogen) atoms. The third-order valence-corrected chi connectivity index (χ3v) is 6.19. The van der Waals surface area contributed by atoms with E-state index in [2.05, 4.69) is 49.0 Å². The van der Waals surface area contributed by atoms with Gasteiger partial charge in [-0.3, -0.25) is 0 Å². The molecular formula is C24H24ClN5O. The van der Waals surface area contributed by atoms with Crippen LogP contribution in [-0.2, 0) is 7.05 Å². The van der Waals surface area contributed by atoms with Gasteiger partial charge in [0.05, 0.1) is 17.8 Å². The molecule has 4 heterocycles. The first-order chi connectivity index (χ1) is 15.2. The molecule has 0 spiro atoms. The minimum atomic E-state index is 0.579. The second-order valence-electron chi connectivity index (χ2n) is 7.65. The molecular weight excluding hydrogens is 410 g/mol. The van der Waals surface area contributed by atoms with Crippen molar-refractivity contribution < 1.29 is 4.74 Å². The van der Waals surface area contributed by atoms with E-state index in [-0.39, 0.29) is 0 Å². The standard InChI is InChI=1S/C24H24ClN5O/c1-29-23(16-3-6-18(7-4-16)30-13-11-26-12-14-30)21(17-5-8-20(31-2)28-15-17)22-19(25)9-10-27-24(22)29/h3-10,15,26H,11-14H2,1-2H3. The first-order valence-corrected chi connectivity index (χ1v) is 10.7. The van der Waals surface area contributed by atoms with E-state index in [1.54, 1.807) is 13.3 Å². The third kappa shape index (κ3) is 3.52. The number of rotatable bonds is 4. The van der Waals surface area contributed by atoms with E-state index in [0.717, 1.165) is 59.6 Å². The molecule has 0 bridgehead atoms. The van der Waals surface area contributed by atoms with Gasteiger partial charge in [-0.2, -0.15) is 0 Å². The lowest BCUT2D eigenvalue weighted by Gasteiger charge is -2.29. The molecule has 1 saturated heterocycles. The molecule has 1 aliphatic rings. The van der Waals surface area contributed by atoms with Crippen LogP contribution in [0.25, 0.3) is 33.4 Å². The average Bonchev–Trinajstić information content (AvgIpc) is 3.13. The number of piperazine rings is 1. The summed E-state index contributed by atoms with van der Waals surface area (Å²) in [5, 5.41) is 5.01. The zero-order valence-electron chi connectivity index (χ0n) is 17.6. The van der Waals surface area contributed by atoms with Gasteiger partial charge in [0.15, 0.2) is 0 Å². The molecule has 1 aliphatic heterocycles. The Morgan fingerprint density at radius 3 is 2.39 bits per heavy atom. The Labute approximate surface area is 186 Å². The molecule has 1 N–H and O–H groups in total. The van der Waals surface area contributed by atoms with Crippen molar-refractivity contribution in [3.63, 3.8) is 0 Å². The van der Waals surface area contributed by atoms with Crippen molar-refractivity contribution in [1.82, 2.24) is 19.9 Å². The smallest absolute Gasteiger partial charge is 0.212 e. The zero-order valence-corrected chi connectivity index (χ0v) is 18.4. The average molecular weight is 434 g/mol. The molecule has 0 aliphatic carbocycles. The SMILES string of the molecule is COc1ccc(-c2c(-c3ccc(N4CCNCC4)cc3)n(C)c3nccc(Cl)c23)cn1. The van der Waals surface area contributed by atoms with Gasteiger partial charge in [0.2, 0.25) is 5.88 Å². The predicted octanol–water partition coefficient (Wildman–Crippen LogP) is 4.37. The summed E-state index contributed by atoms with van der Waals surface area (Å²) in [7, 11) is 3.65. The van der Waals surface area contributed by atoms with Crippen LogP contribution in [0, 0.1) is 0 Å². The molecule has 1 aromatic carbocycles. The van der Waals surface area contributed by atoms with Crippen LogP contribution in [0.3, 0.4) is 0 Å². The first-order valence-electron chi connectivity index (χ1n) is 10.4. The molecule has 3 aromatic heterocycles. The summed E-state index contributed by atoms with van der Waals surface area (Å²) < 4.78 is 7.36. The number of methoxy groups -OCH3 is 1. The second-order valence-corrected chi connectivity index (χ2v) is 8.05. The number of hydrogen-bond acceptors (Lipinski definition) is 5. The molecule has 6 nitrogen and oxygen atoms in total. The summed E-state index contributed by atoms with van der Waals surface area (Å²) in [4.78, 5) is 11.4. The Balaban J connectivity index is 1.67. The fourth-order valence-electron chi connectivity index (χ4n) is 4.33. The maximum absolute atomic E-state index is 6.66. The molecule has 0 unspecified atom stereocenters. The highest BCUT2D eigenvalue weighted by Crippen LogP contribution is 2.42. The number of aromatic nitrogens is 3. The summed E-state index contributed by atoms with van der Waals surface area (Å²) >= 11 is 6.66. The van der Waals surface area contributed by atoms with E-state index in [4.69, 9.17) is 16.3 Å². The lowest BCUT2D eigenvalue weighted by atomic mass is 9.99. The van der Waals surface area contributed by atoms with Crippen LogP contribution in [0.1, 0.15) is 0 Å². The van der Waals surface area contributed by atoms with E-state index in [0.29, 0.717) is 10.9 Å². The first kappa shape index (κ1) is 19.8. The topological polar surface area (TPSA) is 55.2 Å². The van der Waals surface area contributed by atoms with Crippen LogP contribution in [0.5, 0.6) is 5.88 Å². The van der Waals surface area contributed by atoms with E-state index < -0.39 is 0 Å². The predicted molar refractivity (Wildman–Crippen MR) is 126 cm³/mol. The maximum Gasteiger partial charge on any atom is 0.212 e. The van der Waals surface area contributed by atoms with Crippen LogP contribution in [-0.4, -0.2) is 47.8 Å². The van der Waals surface area contributed by atoms with Gasteiger partial charge in [0.25, 0.3) is 0 Å². The molecule has 0 amide bonds. The van der Waals surface area contributed by atoms with Crippen molar-refractivity contribution in [2.75, 3.05) is 38.2 Å².